The first-order chi connectivity index (χ1) is 20.6. The molecular formula is C36H49NO5SSi. The topological polar surface area (TPSA) is 72.9 Å². The molecular weight excluding hydrogens is 587 g/mol. The second kappa shape index (κ2) is 14.0. The highest BCUT2D eigenvalue weighted by atomic mass is 32.2. The van der Waals surface area contributed by atoms with Gasteiger partial charge in [-0.25, -0.2) is 8.42 Å². The molecule has 0 aliphatic heterocycles. The molecule has 3 aromatic carbocycles. The Morgan fingerprint density at radius 1 is 0.955 bits per heavy atom. The van der Waals surface area contributed by atoms with Gasteiger partial charge in [0, 0.05) is 19.4 Å². The molecule has 3 unspecified atom stereocenters. The number of benzene rings is 3. The summed E-state index contributed by atoms with van der Waals surface area (Å²) < 4.78 is 36.7. The van der Waals surface area contributed by atoms with Crippen LogP contribution >= 0.6 is 0 Å². The number of hydrogen-bond acceptors (Lipinski definition) is 5. The Hall–Kier alpha value is -2.94. The largest absolute Gasteiger partial charge is 0.489 e. The van der Waals surface area contributed by atoms with E-state index in [-0.39, 0.29) is 34.4 Å². The number of rotatable bonds is 12. The van der Waals surface area contributed by atoms with Gasteiger partial charge in [0.25, 0.3) is 0 Å². The molecule has 0 spiro atoms. The zero-order valence-electron chi connectivity index (χ0n) is 27.4. The maximum atomic E-state index is 13.7. The van der Waals surface area contributed by atoms with Crippen molar-refractivity contribution in [2.45, 2.75) is 94.7 Å². The molecule has 1 saturated carbocycles. The van der Waals surface area contributed by atoms with Crippen molar-refractivity contribution < 1.29 is 22.4 Å². The van der Waals surface area contributed by atoms with Crippen LogP contribution in [0.1, 0.15) is 69.2 Å². The van der Waals surface area contributed by atoms with Gasteiger partial charge in [-0.15, -0.1) is 0 Å². The summed E-state index contributed by atoms with van der Waals surface area (Å²) in [5, 5.41) is 0.167. The second-order valence-corrected chi connectivity index (χ2v) is 20.6. The van der Waals surface area contributed by atoms with E-state index in [2.05, 4.69) is 46.0 Å². The number of carbonyl (C=O) groups excluding carboxylic acids is 1. The van der Waals surface area contributed by atoms with E-state index >= 15 is 0 Å². The third-order valence-corrected chi connectivity index (χ3v) is 15.0. The second-order valence-electron chi connectivity index (χ2n) is 13.9. The maximum Gasteiger partial charge on any atom is 0.227 e. The van der Waals surface area contributed by atoms with Crippen molar-refractivity contribution in [2.24, 2.45) is 5.92 Å². The third kappa shape index (κ3) is 9.05. The van der Waals surface area contributed by atoms with E-state index in [1.54, 1.807) is 24.3 Å². The highest BCUT2D eigenvalue weighted by Crippen LogP contribution is 2.43. The molecule has 4 rings (SSSR count). The predicted molar refractivity (Wildman–Crippen MR) is 180 cm³/mol. The Morgan fingerprint density at radius 2 is 1.64 bits per heavy atom. The van der Waals surface area contributed by atoms with Crippen molar-refractivity contribution in [2.75, 3.05) is 13.3 Å². The summed E-state index contributed by atoms with van der Waals surface area (Å²) in [6.45, 7) is 12.0. The van der Waals surface area contributed by atoms with Crippen molar-refractivity contribution >= 4 is 24.1 Å². The van der Waals surface area contributed by atoms with E-state index in [0.717, 1.165) is 48.1 Å². The lowest BCUT2D eigenvalue weighted by Gasteiger charge is -2.38. The molecule has 6 nitrogen and oxygen atoms in total. The van der Waals surface area contributed by atoms with Crippen LogP contribution in [-0.4, -0.2) is 46.9 Å². The number of sulfone groups is 1. The normalized spacial score (nSPS) is 18.2. The number of likely N-dealkylation sites (N-methyl/N-ethyl adjacent to an activating group) is 1. The number of carbonyl (C=O) groups is 1. The Balaban J connectivity index is 1.52. The average molecular weight is 636 g/mol. The first kappa shape index (κ1) is 33.9. The smallest absolute Gasteiger partial charge is 0.227 e. The van der Waals surface area contributed by atoms with Crippen LogP contribution in [0, 0.1) is 5.92 Å². The van der Waals surface area contributed by atoms with Gasteiger partial charge in [-0.3, -0.25) is 4.79 Å². The summed E-state index contributed by atoms with van der Waals surface area (Å²) in [7, 11) is -3.28. The minimum atomic E-state index is -3.29. The van der Waals surface area contributed by atoms with Crippen molar-refractivity contribution in [3.63, 3.8) is 0 Å². The summed E-state index contributed by atoms with van der Waals surface area (Å²) in [5.74, 6) is 1.21. The Labute approximate surface area is 265 Å². The summed E-state index contributed by atoms with van der Waals surface area (Å²) in [6, 6.07) is 24.7. The van der Waals surface area contributed by atoms with Gasteiger partial charge in [0.2, 0.25) is 5.91 Å². The van der Waals surface area contributed by atoms with Crippen LogP contribution in [0.15, 0.2) is 83.8 Å². The number of ether oxygens (including phenoxy) is 1. The number of nitrogens with zero attached hydrogens (tertiary/aromatic N) is 1. The number of amides is 1. The van der Waals surface area contributed by atoms with Gasteiger partial charge < -0.3 is 14.1 Å². The fourth-order valence-electron chi connectivity index (χ4n) is 5.66. The van der Waals surface area contributed by atoms with Crippen molar-refractivity contribution in [1.82, 2.24) is 4.90 Å². The summed E-state index contributed by atoms with van der Waals surface area (Å²) in [5.41, 5.74) is 2.94. The Morgan fingerprint density at radius 3 is 2.27 bits per heavy atom. The van der Waals surface area contributed by atoms with Gasteiger partial charge in [0.1, 0.15) is 12.4 Å². The van der Waals surface area contributed by atoms with Crippen LogP contribution in [0.25, 0.3) is 0 Å². The summed E-state index contributed by atoms with van der Waals surface area (Å²) in [6.07, 6.45) is 5.62. The minimum Gasteiger partial charge on any atom is -0.489 e. The molecule has 0 saturated heterocycles. The first-order valence-electron chi connectivity index (χ1n) is 15.6. The third-order valence-electron chi connectivity index (χ3n) is 9.38. The zero-order chi connectivity index (χ0) is 32.1. The molecule has 44 heavy (non-hydrogen) atoms. The monoisotopic (exact) mass is 635 g/mol. The fraction of sp³-hybridized carbons (Fsp3) is 0.472. The van der Waals surface area contributed by atoms with E-state index in [9.17, 15) is 13.2 Å². The first-order valence-corrected chi connectivity index (χ1v) is 20.4. The van der Waals surface area contributed by atoms with E-state index in [4.69, 9.17) is 9.16 Å². The van der Waals surface area contributed by atoms with Crippen LogP contribution in [-0.2, 0) is 32.1 Å². The van der Waals surface area contributed by atoms with E-state index in [0.29, 0.717) is 12.5 Å². The van der Waals surface area contributed by atoms with Gasteiger partial charge in [-0.05, 0) is 90.7 Å². The van der Waals surface area contributed by atoms with E-state index < -0.39 is 18.2 Å². The summed E-state index contributed by atoms with van der Waals surface area (Å²) in [4.78, 5) is 15.8. The van der Waals surface area contributed by atoms with Crippen LogP contribution in [0.4, 0.5) is 0 Å². The molecule has 0 N–H and O–H groups in total. The highest BCUT2D eigenvalue weighted by molar-refractivity contribution is 7.90. The molecule has 0 radical (unpaired) electrons. The molecule has 3 atom stereocenters. The van der Waals surface area contributed by atoms with Crippen molar-refractivity contribution in [3.8, 4) is 5.75 Å². The molecule has 1 fully saturated rings. The Bertz CT molecular complexity index is 1500. The average Bonchev–Trinajstić information content (AvgIpc) is 3.40. The van der Waals surface area contributed by atoms with Gasteiger partial charge in [0.05, 0.1) is 17.4 Å². The maximum absolute atomic E-state index is 13.7. The SMILES string of the molecule is CN(C(=O)Cc1ccc(S(C)(=O)=O)cc1)C(CC1CCC(O[Si](C)(C)C(C)(C)C)C1)c1cccc(OCc2ccccc2)c1. The van der Waals surface area contributed by atoms with Crippen molar-refractivity contribution in [3.05, 3.63) is 95.6 Å². The van der Waals surface area contributed by atoms with Gasteiger partial charge in [-0.1, -0.05) is 75.4 Å². The molecule has 3 aromatic rings. The lowest BCUT2D eigenvalue weighted by Crippen LogP contribution is -2.43. The molecule has 1 amide bonds. The standard InChI is InChI=1S/C36H49NO5SSi/c1-36(2,3)44(6,7)42-32-19-16-29(22-32)23-34(30-14-11-15-31(25-30)41-26-28-12-9-8-10-13-28)37(4)35(38)24-27-17-20-33(21-18-27)43(5,39)40/h8-15,17-18,20-21,25,29,32,34H,16,19,22-24,26H2,1-7H3. The predicted octanol–water partition coefficient (Wildman–Crippen LogP) is 7.99. The quantitative estimate of drug-likeness (QED) is 0.189. The lowest BCUT2D eigenvalue weighted by atomic mass is 9.92. The van der Waals surface area contributed by atoms with E-state index in [1.807, 2.05) is 54.4 Å². The van der Waals surface area contributed by atoms with Crippen molar-refractivity contribution in [1.29, 1.82) is 0 Å². The van der Waals surface area contributed by atoms with Crippen LogP contribution < -0.4 is 4.74 Å². The zero-order valence-corrected chi connectivity index (χ0v) is 29.2. The lowest BCUT2D eigenvalue weighted by molar-refractivity contribution is -0.131. The molecule has 1 aliphatic rings. The van der Waals surface area contributed by atoms with Crippen LogP contribution in [0.3, 0.4) is 0 Å². The van der Waals surface area contributed by atoms with Crippen LogP contribution in [0.5, 0.6) is 5.75 Å². The molecule has 0 aromatic heterocycles. The highest BCUT2D eigenvalue weighted by Gasteiger charge is 2.41. The van der Waals surface area contributed by atoms with Gasteiger partial charge in [0.15, 0.2) is 18.2 Å². The van der Waals surface area contributed by atoms with Gasteiger partial charge in [-0.2, -0.15) is 0 Å². The fourth-order valence-corrected chi connectivity index (χ4v) is 7.69. The van der Waals surface area contributed by atoms with Crippen LogP contribution in [0.2, 0.25) is 18.1 Å². The molecule has 8 heteroatoms. The molecule has 238 valence electrons. The van der Waals surface area contributed by atoms with E-state index in [1.165, 1.54) is 6.26 Å². The molecule has 0 bridgehead atoms. The van der Waals surface area contributed by atoms with Gasteiger partial charge >= 0.3 is 0 Å². The molecule has 0 heterocycles. The Kier molecular flexibility index (Phi) is 10.8. The number of hydrogen-bond donors (Lipinski definition) is 0. The minimum absolute atomic E-state index is 0.00946. The molecule has 1 aliphatic carbocycles. The summed E-state index contributed by atoms with van der Waals surface area (Å²) >= 11 is 0.